The van der Waals surface area contributed by atoms with Gasteiger partial charge in [0.2, 0.25) is 0 Å². The van der Waals surface area contributed by atoms with Crippen molar-refractivity contribution in [3.63, 3.8) is 0 Å². The minimum atomic E-state index is -0.435. The number of amides is 1. The number of carbonyl (C=O) groups excluding carboxylic acids is 1. The van der Waals surface area contributed by atoms with Crippen LogP contribution in [0.2, 0.25) is 0 Å². The maximum absolute atomic E-state index is 11.7. The van der Waals surface area contributed by atoms with E-state index in [0.29, 0.717) is 0 Å². The molecule has 4 heteroatoms. The van der Waals surface area contributed by atoms with E-state index in [1.54, 1.807) is 4.90 Å². The molecular weight excluding hydrogens is 192 g/mol. The molecule has 4 nitrogen and oxygen atoms in total. The summed E-state index contributed by atoms with van der Waals surface area (Å²) in [6, 6.07) is 0.104. The third-order valence-corrected chi connectivity index (χ3v) is 2.51. The molecule has 1 unspecified atom stereocenters. The highest BCUT2D eigenvalue weighted by Gasteiger charge is 2.42. The minimum absolute atomic E-state index is 0.104. The largest absolute Gasteiger partial charge is 0.444 e. The Hall–Kier alpha value is -0.770. The van der Waals surface area contributed by atoms with Crippen LogP contribution >= 0.6 is 0 Å². The van der Waals surface area contributed by atoms with Crippen LogP contribution < -0.4 is 5.73 Å². The summed E-state index contributed by atoms with van der Waals surface area (Å²) in [5.74, 6) is 0. The molecule has 0 aromatic rings. The second-order valence-corrected chi connectivity index (χ2v) is 5.80. The molecule has 0 aliphatic carbocycles. The fraction of sp³-hybridized carbons (Fsp3) is 0.909. The van der Waals surface area contributed by atoms with Crippen LogP contribution in [-0.4, -0.2) is 34.7 Å². The molecule has 1 saturated heterocycles. The van der Waals surface area contributed by atoms with E-state index in [1.807, 2.05) is 34.6 Å². The Balaban J connectivity index is 2.56. The molecule has 0 saturated carbocycles. The zero-order chi connectivity index (χ0) is 11.9. The fourth-order valence-corrected chi connectivity index (χ4v) is 1.70. The number of ether oxygens (including phenoxy) is 1. The normalized spacial score (nSPS) is 22.3. The molecule has 0 aromatic heterocycles. The number of nitrogens with zero attached hydrogens (tertiary/aromatic N) is 1. The molecule has 1 rings (SSSR count). The van der Waals surface area contributed by atoms with Crippen LogP contribution in [0.5, 0.6) is 0 Å². The first kappa shape index (κ1) is 12.3. The summed E-state index contributed by atoms with van der Waals surface area (Å²) >= 11 is 0. The summed E-state index contributed by atoms with van der Waals surface area (Å²) in [5.41, 5.74) is 5.20. The number of rotatable bonds is 1. The van der Waals surface area contributed by atoms with Crippen LogP contribution in [0.4, 0.5) is 4.79 Å². The van der Waals surface area contributed by atoms with E-state index < -0.39 is 5.60 Å². The SMILES string of the molecule is CC(C)(C)OC(=O)N1CCC1C(C)(C)N. The van der Waals surface area contributed by atoms with Gasteiger partial charge >= 0.3 is 6.09 Å². The molecule has 1 heterocycles. The van der Waals surface area contributed by atoms with Crippen molar-refractivity contribution in [3.05, 3.63) is 0 Å². The van der Waals surface area contributed by atoms with Crippen LogP contribution in [0, 0.1) is 0 Å². The van der Waals surface area contributed by atoms with Crippen LogP contribution in [-0.2, 0) is 4.74 Å². The zero-order valence-corrected chi connectivity index (χ0v) is 10.3. The molecule has 1 atom stereocenters. The predicted molar refractivity (Wildman–Crippen MR) is 59.6 cm³/mol. The van der Waals surface area contributed by atoms with E-state index >= 15 is 0 Å². The lowest BCUT2D eigenvalue weighted by Gasteiger charge is -2.47. The van der Waals surface area contributed by atoms with E-state index in [0.717, 1.165) is 13.0 Å². The average Bonchev–Trinajstić information content (AvgIpc) is 1.72. The third kappa shape index (κ3) is 3.09. The Labute approximate surface area is 91.8 Å². The summed E-state index contributed by atoms with van der Waals surface area (Å²) in [6.45, 7) is 10.2. The molecule has 0 spiro atoms. The van der Waals surface area contributed by atoms with Gasteiger partial charge in [0, 0.05) is 12.1 Å². The quantitative estimate of drug-likeness (QED) is 0.723. The van der Waals surface area contributed by atoms with Gasteiger partial charge in [0.1, 0.15) is 5.60 Å². The Morgan fingerprint density at radius 1 is 1.33 bits per heavy atom. The van der Waals surface area contributed by atoms with Crippen molar-refractivity contribution >= 4 is 6.09 Å². The summed E-state index contributed by atoms with van der Waals surface area (Å²) in [6.07, 6.45) is 0.709. The van der Waals surface area contributed by atoms with E-state index in [2.05, 4.69) is 0 Å². The number of carbonyl (C=O) groups is 1. The standard InChI is InChI=1S/C11H22N2O2/c1-10(2,3)15-9(14)13-7-6-8(13)11(4,5)12/h8H,6-7,12H2,1-5H3. The average molecular weight is 214 g/mol. The first-order chi connectivity index (χ1) is 6.61. The zero-order valence-electron chi connectivity index (χ0n) is 10.3. The van der Waals surface area contributed by atoms with Gasteiger partial charge in [0.05, 0.1) is 6.04 Å². The topological polar surface area (TPSA) is 55.6 Å². The molecule has 1 aliphatic heterocycles. The molecular formula is C11H22N2O2. The summed E-state index contributed by atoms with van der Waals surface area (Å²) in [5, 5.41) is 0. The van der Waals surface area contributed by atoms with Gasteiger partial charge in [-0.1, -0.05) is 0 Å². The van der Waals surface area contributed by atoms with Crippen molar-refractivity contribution in [1.29, 1.82) is 0 Å². The van der Waals surface area contributed by atoms with Crippen LogP contribution in [0.1, 0.15) is 41.0 Å². The second-order valence-electron chi connectivity index (χ2n) is 5.80. The van der Waals surface area contributed by atoms with Crippen molar-refractivity contribution in [2.75, 3.05) is 6.54 Å². The van der Waals surface area contributed by atoms with E-state index in [4.69, 9.17) is 10.5 Å². The lowest BCUT2D eigenvalue weighted by Crippen LogP contribution is -2.64. The van der Waals surface area contributed by atoms with Gasteiger partial charge in [-0.25, -0.2) is 4.79 Å². The van der Waals surface area contributed by atoms with Gasteiger partial charge < -0.3 is 15.4 Å². The lowest BCUT2D eigenvalue weighted by molar-refractivity contribution is -0.0187. The third-order valence-electron chi connectivity index (χ3n) is 2.51. The van der Waals surface area contributed by atoms with Crippen molar-refractivity contribution in [2.45, 2.75) is 58.2 Å². The van der Waals surface area contributed by atoms with Crippen LogP contribution in [0.25, 0.3) is 0 Å². The van der Waals surface area contributed by atoms with Crippen molar-refractivity contribution in [3.8, 4) is 0 Å². The molecule has 88 valence electrons. The number of hydrogen-bond acceptors (Lipinski definition) is 3. The summed E-state index contributed by atoms with van der Waals surface area (Å²) < 4.78 is 5.30. The molecule has 1 amide bonds. The summed E-state index contributed by atoms with van der Waals surface area (Å²) in [4.78, 5) is 13.5. The Morgan fingerprint density at radius 2 is 1.87 bits per heavy atom. The lowest BCUT2D eigenvalue weighted by atomic mass is 9.86. The molecule has 1 fully saturated rings. The Bertz CT molecular complexity index is 250. The van der Waals surface area contributed by atoms with E-state index in [-0.39, 0.29) is 17.7 Å². The molecule has 0 bridgehead atoms. The second kappa shape index (κ2) is 3.67. The van der Waals surface area contributed by atoms with Gasteiger partial charge in [-0.15, -0.1) is 0 Å². The van der Waals surface area contributed by atoms with Crippen LogP contribution in [0.15, 0.2) is 0 Å². The van der Waals surface area contributed by atoms with E-state index in [9.17, 15) is 4.79 Å². The first-order valence-corrected chi connectivity index (χ1v) is 5.40. The fourth-order valence-electron chi connectivity index (χ4n) is 1.70. The van der Waals surface area contributed by atoms with Crippen molar-refractivity contribution < 1.29 is 9.53 Å². The smallest absolute Gasteiger partial charge is 0.410 e. The maximum atomic E-state index is 11.7. The molecule has 15 heavy (non-hydrogen) atoms. The highest BCUT2D eigenvalue weighted by Crippen LogP contribution is 2.27. The maximum Gasteiger partial charge on any atom is 0.410 e. The molecule has 1 aliphatic rings. The minimum Gasteiger partial charge on any atom is -0.444 e. The highest BCUT2D eigenvalue weighted by molar-refractivity contribution is 5.69. The Kier molecular flexibility index (Phi) is 3.01. The van der Waals surface area contributed by atoms with Gasteiger partial charge in [-0.2, -0.15) is 0 Å². The first-order valence-electron chi connectivity index (χ1n) is 5.40. The summed E-state index contributed by atoms with van der Waals surface area (Å²) in [7, 11) is 0. The van der Waals surface area contributed by atoms with Gasteiger partial charge in [-0.05, 0) is 41.0 Å². The Morgan fingerprint density at radius 3 is 2.13 bits per heavy atom. The van der Waals surface area contributed by atoms with Crippen molar-refractivity contribution in [2.24, 2.45) is 5.73 Å². The van der Waals surface area contributed by atoms with Crippen molar-refractivity contribution in [1.82, 2.24) is 4.90 Å². The van der Waals surface area contributed by atoms with Gasteiger partial charge in [-0.3, -0.25) is 0 Å². The monoisotopic (exact) mass is 214 g/mol. The van der Waals surface area contributed by atoms with Gasteiger partial charge in [0.25, 0.3) is 0 Å². The van der Waals surface area contributed by atoms with Crippen LogP contribution in [0.3, 0.4) is 0 Å². The molecule has 0 aromatic carbocycles. The van der Waals surface area contributed by atoms with E-state index in [1.165, 1.54) is 0 Å². The number of likely N-dealkylation sites (tertiary alicyclic amines) is 1. The van der Waals surface area contributed by atoms with Gasteiger partial charge in [0.15, 0.2) is 0 Å². The molecule has 2 N–H and O–H groups in total. The number of hydrogen-bond donors (Lipinski definition) is 1. The number of nitrogens with two attached hydrogens (primary N) is 1. The predicted octanol–water partition coefficient (Wildman–Crippen LogP) is 1.73. The molecule has 0 radical (unpaired) electrons. The highest BCUT2D eigenvalue weighted by atomic mass is 16.6.